The van der Waals surface area contributed by atoms with Gasteiger partial charge in [0, 0.05) is 45.2 Å². The van der Waals surface area contributed by atoms with Crippen LogP contribution in [0.3, 0.4) is 0 Å². The number of aromatic nitrogens is 1. The Labute approximate surface area is 146 Å². The van der Waals surface area contributed by atoms with Crippen LogP contribution in [-0.2, 0) is 6.54 Å². The number of piperazine rings is 1. The predicted octanol–water partition coefficient (Wildman–Crippen LogP) is 3.09. The zero-order valence-corrected chi connectivity index (χ0v) is 14.3. The van der Waals surface area contributed by atoms with Crippen molar-refractivity contribution in [3.63, 3.8) is 0 Å². The fraction of sp³-hybridized carbons (Fsp3) is 0.300. The maximum absolute atomic E-state index is 12.8. The molecule has 0 unspecified atom stereocenters. The van der Waals surface area contributed by atoms with Crippen LogP contribution in [0.5, 0.6) is 0 Å². The molecular weight excluding hydrogens is 314 g/mol. The summed E-state index contributed by atoms with van der Waals surface area (Å²) in [5, 5.41) is 0. The van der Waals surface area contributed by atoms with E-state index in [1.54, 1.807) is 6.07 Å². The van der Waals surface area contributed by atoms with Crippen LogP contribution in [-0.4, -0.2) is 46.9 Å². The molecule has 1 amide bonds. The molecule has 5 nitrogen and oxygen atoms in total. The van der Waals surface area contributed by atoms with Gasteiger partial charge in [0.25, 0.3) is 5.91 Å². The van der Waals surface area contributed by atoms with Crippen molar-refractivity contribution in [2.75, 3.05) is 26.2 Å². The van der Waals surface area contributed by atoms with E-state index in [0.29, 0.717) is 17.0 Å². The number of benzene rings is 2. The van der Waals surface area contributed by atoms with Gasteiger partial charge >= 0.3 is 0 Å². The first kappa shape index (κ1) is 15.8. The summed E-state index contributed by atoms with van der Waals surface area (Å²) in [6.45, 7) is 6.03. The van der Waals surface area contributed by atoms with Crippen molar-refractivity contribution in [3.8, 4) is 0 Å². The minimum atomic E-state index is 0.0651. The number of amides is 1. The molecule has 0 atom stereocenters. The molecule has 0 saturated carbocycles. The molecule has 4 rings (SSSR count). The Morgan fingerprint density at radius 3 is 2.60 bits per heavy atom. The predicted molar refractivity (Wildman–Crippen MR) is 96.4 cm³/mol. The van der Waals surface area contributed by atoms with E-state index >= 15 is 0 Å². The molecule has 3 aromatic rings. The zero-order chi connectivity index (χ0) is 17.2. The van der Waals surface area contributed by atoms with E-state index in [1.165, 1.54) is 5.56 Å². The molecule has 2 aromatic carbocycles. The first-order chi connectivity index (χ1) is 12.2. The molecule has 0 bridgehead atoms. The molecule has 0 N–H and O–H groups in total. The van der Waals surface area contributed by atoms with E-state index in [2.05, 4.69) is 34.1 Å². The number of hydrogen-bond acceptors (Lipinski definition) is 4. The topological polar surface area (TPSA) is 49.6 Å². The van der Waals surface area contributed by atoms with Crippen molar-refractivity contribution < 1.29 is 9.21 Å². The van der Waals surface area contributed by atoms with E-state index in [9.17, 15) is 4.79 Å². The Hall–Kier alpha value is -2.66. The highest BCUT2D eigenvalue weighted by Crippen LogP contribution is 2.19. The summed E-state index contributed by atoms with van der Waals surface area (Å²) in [4.78, 5) is 21.4. The first-order valence-corrected chi connectivity index (χ1v) is 8.62. The molecule has 0 aliphatic carbocycles. The highest BCUT2D eigenvalue weighted by molar-refractivity contribution is 5.97. The van der Waals surface area contributed by atoms with Crippen LogP contribution in [0.2, 0.25) is 0 Å². The Morgan fingerprint density at radius 2 is 1.84 bits per heavy atom. The van der Waals surface area contributed by atoms with Crippen molar-refractivity contribution in [2.45, 2.75) is 13.5 Å². The van der Waals surface area contributed by atoms with Crippen LogP contribution >= 0.6 is 0 Å². The van der Waals surface area contributed by atoms with Crippen LogP contribution in [0, 0.1) is 6.92 Å². The van der Waals surface area contributed by atoms with Gasteiger partial charge < -0.3 is 9.32 Å². The maximum Gasteiger partial charge on any atom is 0.254 e. The number of fused-ring (bicyclic) bond motifs is 1. The Balaban J connectivity index is 1.40. The van der Waals surface area contributed by atoms with E-state index in [0.717, 1.165) is 38.2 Å². The summed E-state index contributed by atoms with van der Waals surface area (Å²) in [6.07, 6.45) is 0. The van der Waals surface area contributed by atoms with Crippen LogP contribution in [0.1, 0.15) is 21.8 Å². The lowest BCUT2D eigenvalue weighted by atomic mass is 10.1. The van der Waals surface area contributed by atoms with Gasteiger partial charge in [0.1, 0.15) is 5.52 Å². The molecule has 1 aromatic heterocycles. The van der Waals surface area contributed by atoms with Crippen molar-refractivity contribution >= 4 is 17.0 Å². The molecule has 2 heterocycles. The zero-order valence-electron chi connectivity index (χ0n) is 14.3. The number of hydrogen-bond donors (Lipinski definition) is 0. The lowest BCUT2D eigenvalue weighted by Gasteiger charge is -2.34. The van der Waals surface area contributed by atoms with Gasteiger partial charge in [0.05, 0.1) is 0 Å². The SMILES string of the molecule is Cc1nc2ccc(C(=O)N3CCN(Cc4ccccc4)CC3)cc2o1. The smallest absolute Gasteiger partial charge is 0.254 e. The molecule has 0 spiro atoms. The lowest BCUT2D eigenvalue weighted by Crippen LogP contribution is -2.48. The van der Waals surface area contributed by atoms with Crippen LogP contribution < -0.4 is 0 Å². The third-order valence-electron chi connectivity index (χ3n) is 4.65. The molecular formula is C20H21N3O2. The van der Waals surface area contributed by atoms with E-state index < -0.39 is 0 Å². The molecule has 1 fully saturated rings. The second-order valence-corrected chi connectivity index (χ2v) is 6.47. The van der Waals surface area contributed by atoms with Crippen molar-refractivity contribution in [1.29, 1.82) is 0 Å². The minimum absolute atomic E-state index is 0.0651. The van der Waals surface area contributed by atoms with Gasteiger partial charge in [-0.15, -0.1) is 0 Å². The van der Waals surface area contributed by atoms with Gasteiger partial charge in [-0.25, -0.2) is 4.98 Å². The second-order valence-electron chi connectivity index (χ2n) is 6.47. The fourth-order valence-corrected chi connectivity index (χ4v) is 3.31. The summed E-state index contributed by atoms with van der Waals surface area (Å²) in [7, 11) is 0. The van der Waals surface area contributed by atoms with Gasteiger partial charge in [-0.1, -0.05) is 30.3 Å². The summed E-state index contributed by atoms with van der Waals surface area (Å²) in [5.74, 6) is 0.685. The number of carbonyl (C=O) groups is 1. The molecule has 25 heavy (non-hydrogen) atoms. The Bertz CT molecular complexity index is 880. The summed E-state index contributed by atoms with van der Waals surface area (Å²) in [6, 6.07) is 15.9. The van der Waals surface area contributed by atoms with Crippen LogP contribution in [0.4, 0.5) is 0 Å². The van der Waals surface area contributed by atoms with Crippen LogP contribution in [0.25, 0.3) is 11.1 Å². The number of nitrogens with zero attached hydrogens (tertiary/aromatic N) is 3. The van der Waals surface area contributed by atoms with E-state index in [-0.39, 0.29) is 5.91 Å². The summed E-state index contributed by atoms with van der Waals surface area (Å²) in [5.41, 5.74) is 3.45. The number of oxazole rings is 1. The van der Waals surface area contributed by atoms with Gasteiger partial charge in [-0.3, -0.25) is 9.69 Å². The average molecular weight is 335 g/mol. The van der Waals surface area contributed by atoms with Gasteiger partial charge in [0.15, 0.2) is 11.5 Å². The quantitative estimate of drug-likeness (QED) is 0.738. The molecule has 5 heteroatoms. The molecule has 1 aliphatic rings. The maximum atomic E-state index is 12.8. The second kappa shape index (κ2) is 6.69. The third kappa shape index (κ3) is 3.42. The van der Waals surface area contributed by atoms with Gasteiger partial charge in [-0.05, 0) is 23.8 Å². The minimum Gasteiger partial charge on any atom is -0.441 e. The summed E-state index contributed by atoms with van der Waals surface area (Å²) >= 11 is 0. The van der Waals surface area contributed by atoms with Gasteiger partial charge in [0.2, 0.25) is 0 Å². The van der Waals surface area contributed by atoms with Crippen molar-refractivity contribution in [3.05, 3.63) is 65.5 Å². The third-order valence-corrected chi connectivity index (χ3v) is 4.65. The largest absolute Gasteiger partial charge is 0.441 e. The molecule has 1 saturated heterocycles. The Morgan fingerprint density at radius 1 is 1.08 bits per heavy atom. The normalized spacial score (nSPS) is 15.6. The molecule has 0 radical (unpaired) electrons. The van der Waals surface area contributed by atoms with E-state index in [4.69, 9.17) is 4.42 Å². The summed E-state index contributed by atoms with van der Waals surface area (Å²) < 4.78 is 5.54. The average Bonchev–Trinajstić information content (AvgIpc) is 3.02. The standard InChI is InChI=1S/C20H21N3O2/c1-15-21-18-8-7-17(13-19(18)25-15)20(24)23-11-9-22(10-12-23)14-16-5-3-2-4-6-16/h2-8,13H,9-12,14H2,1H3. The van der Waals surface area contributed by atoms with Crippen molar-refractivity contribution in [1.82, 2.24) is 14.8 Å². The molecule has 128 valence electrons. The van der Waals surface area contributed by atoms with Gasteiger partial charge in [-0.2, -0.15) is 0 Å². The number of aryl methyl sites for hydroxylation is 1. The molecule has 1 aliphatic heterocycles. The lowest BCUT2D eigenvalue weighted by molar-refractivity contribution is 0.0628. The Kier molecular flexibility index (Phi) is 4.24. The van der Waals surface area contributed by atoms with Crippen molar-refractivity contribution in [2.24, 2.45) is 0 Å². The number of carbonyl (C=O) groups excluding carboxylic acids is 1. The van der Waals surface area contributed by atoms with Crippen LogP contribution in [0.15, 0.2) is 52.9 Å². The van der Waals surface area contributed by atoms with E-state index in [1.807, 2.05) is 30.0 Å². The highest BCUT2D eigenvalue weighted by Gasteiger charge is 2.22. The fourth-order valence-electron chi connectivity index (χ4n) is 3.31. The number of rotatable bonds is 3. The monoisotopic (exact) mass is 335 g/mol. The highest BCUT2D eigenvalue weighted by atomic mass is 16.3. The first-order valence-electron chi connectivity index (χ1n) is 8.62.